The van der Waals surface area contributed by atoms with Crippen molar-refractivity contribution in [2.24, 2.45) is 11.8 Å². The van der Waals surface area contributed by atoms with Gasteiger partial charge in [0.1, 0.15) is 5.54 Å². The standard InChI is InChI=1S/C15H27N3O/c1-11(2)15(5,10-16)17-14(19)13(4)18-8-6-12(3)7-9-18/h11-13H,6-9H2,1-5H3,(H,17,19)/t13-,15-/m1/s1. The number of amides is 1. The number of carbonyl (C=O) groups is 1. The third kappa shape index (κ3) is 3.94. The van der Waals surface area contributed by atoms with Crippen molar-refractivity contribution < 1.29 is 4.79 Å². The van der Waals surface area contributed by atoms with Crippen LogP contribution in [0.3, 0.4) is 0 Å². The molecule has 0 aliphatic carbocycles. The van der Waals surface area contributed by atoms with Crippen molar-refractivity contribution in [3.05, 3.63) is 0 Å². The van der Waals surface area contributed by atoms with Gasteiger partial charge in [-0.2, -0.15) is 5.26 Å². The highest BCUT2D eigenvalue weighted by Crippen LogP contribution is 2.20. The van der Waals surface area contributed by atoms with E-state index in [0.717, 1.165) is 31.8 Å². The molecule has 0 spiro atoms. The number of rotatable bonds is 4. The average Bonchev–Trinajstić information content (AvgIpc) is 2.38. The second kappa shape index (κ2) is 6.38. The summed E-state index contributed by atoms with van der Waals surface area (Å²) in [5, 5.41) is 12.2. The summed E-state index contributed by atoms with van der Waals surface area (Å²) in [5.41, 5.74) is -0.783. The van der Waals surface area contributed by atoms with Crippen LogP contribution >= 0.6 is 0 Å². The molecule has 1 N–H and O–H groups in total. The molecule has 4 nitrogen and oxygen atoms in total. The fraction of sp³-hybridized carbons (Fsp3) is 0.867. The number of hydrogen-bond acceptors (Lipinski definition) is 3. The van der Waals surface area contributed by atoms with Gasteiger partial charge in [-0.05, 0) is 51.6 Å². The highest BCUT2D eigenvalue weighted by atomic mass is 16.2. The first-order valence-electron chi connectivity index (χ1n) is 7.27. The quantitative estimate of drug-likeness (QED) is 0.847. The Labute approximate surface area is 117 Å². The number of nitrogens with zero attached hydrogens (tertiary/aromatic N) is 2. The Bertz CT molecular complexity index is 353. The van der Waals surface area contributed by atoms with E-state index < -0.39 is 5.54 Å². The fourth-order valence-electron chi connectivity index (χ4n) is 2.24. The van der Waals surface area contributed by atoms with E-state index in [1.165, 1.54) is 0 Å². The third-order valence-electron chi connectivity index (χ3n) is 4.52. The van der Waals surface area contributed by atoms with Crippen molar-refractivity contribution in [3.8, 4) is 6.07 Å². The second-order valence-electron chi connectivity index (χ2n) is 6.35. The van der Waals surface area contributed by atoms with Crippen molar-refractivity contribution in [2.45, 2.75) is 59.0 Å². The number of carbonyl (C=O) groups excluding carboxylic acids is 1. The fourth-order valence-corrected chi connectivity index (χ4v) is 2.24. The van der Waals surface area contributed by atoms with E-state index in [9.17, 15) is 10.1 Å². The van der Waals surface area contributed by atoms with E-state index in [2.05, 4.69) is 23.2 Å². The van der Waals surface area contributed by atoms with Crippen molar-refractivity contribution in [3.63, 3.8) is 0 Å². The van der Waals surface area contributed by atoms with Gasteiger partial charge >= 0.3 is 0 Å². The summed E-state index contributed by atoms with van der Waals surface area (Å²) in [6, 6.07) is 2.07. The highest BCUT2D eigenvalue weighted by Gasteiger charge is 2.33. The van der Waals surface area contributed by atoms with Crippen LogP contribution < -0.4 is 5.32 Å². The minimum Gasteiger partial charge on any atom is -0.336 e. The molecule has 2 atom stereocenters. The predicted molar refractivity (Wildman–Crippen MR) is 76.4 cm³/mol. The SMILES string of the molecule is CC1CCN([C@H](C)C(=O)N[C@](C)(C#N)C(C)C)CC1. The lowest BCUT2D eigenvalue weighted by Gasteiger charge is -2.36. The molecule has 1 saturated heterocycles. The van der Waals surface area contributed by atoms with Crippen LogP contribution in [0.5, 0.6) is 0 Å². The van der Waals surface area contributed by atoms with Gasteiger partial charge in [0.25, 0.3) is 0 Å². The number of nitrogens with one attached hydrogen (secondary N) is 1. The number of piperidine rings is 1. The first-order valence-corrected chi connectivity index (χ1v) is 7.27. The van der Waals surface area contributed by atoms with Crippen LogP contribution in [-0.4, -0.2) is 35.5 Å². The van der Waals surface area contributed by atoms with Gasteiger partial charge in [-0.15, -0.1) is 0 Å². The largest absolute Gasteiger partial charge is 0.336 e. The average molecular weight is 265 g/mol. The molecule has 4 heteroatoms. The Balaban J connectivity index is 2.60. The van der Waals surface area contributed by atoms with E-state index in [0.29, 0.717) is 0 Å². The van der Waals surface area contributed by atoms with Gasteiger partial charge in [-0.1, -0.05) is 20.8 Å². The topological polar surface area (TPSA) is 56.1 Å². The smallest absolute Gasteiger partial charge is 0.238 e. The first-order chi connectivity index (χ1) is 8.80. The van der Waals surface area contributed by atoms with Gasteiger partial charge < -0.3 is 5.32 Å². The second-order valence-corrected chi connectivity index (χ2v) is 6.35. The summed E-state index contributed by atoms with van der Waals surface area (Å²) in [7, 11) is 0. The van der Waals surface area contributed by atoms with Crippen LogP contribution in [0.1, 0.15) is 47.5 Å². The van der Waals surface area contributed by atoms with E-state index in [4.69, 9.17) is 0 Å². The van der Waals surface area contributed by atoms with Gasteiger partial charge in [-0.3, -0.25) is 9.69 Å². The Morgan fingerprint density at radius 2 is 1.89 bits per heavy atom. The van der Waals surface area contributed by atoms with Crippen LogP contribution in [0.15, 0.2) is 0 Å². The lowest BCUT2D eigenvalue weighted by atomic mass is 9.89. The molecule has 0 bridgehead atoms. The lowest BCUT2D eigenvalue weighted by molar-refractivity contribution is -0.128. The van der Waals surface area contributed by atoms with Crippen molar-refractivity contribution >= 4 is 5.91 Å². The summed E-state index contributed by atoms with van der Waals surface area (Å²) < 4.78 is 0. The van der Waals surface area contributed by atoms with Gasteiger partial charge in [0.05, 0.1) is 12.1 Å². The number of nitriles is 1. The lowest BCUT2D eigenvalue weighted by Crippen LogP contribution is -2.56. The number of likely N-dealkylation sites (tertiary alicyclic amines) is 1. The molecular weight excluding hydrogens is 238 g/mol. The molecular formula is C15H27N3O. The molecule has 0 radical (unpaired) electrons. The molecule has 0 unspecified atom stereocenters. The monoisotopic (exact) mass is 265 g/mol. The normalized spacial score (nSPS) is 22.6. The molecule has 1 rings (SSSR count). The van der Waals surface area contributed by atoms with Gasteiger partial charge in [-0.25, -0.2) is 0 Å². The molecule has 1 aliphatic heterocycles. The minimum atomic E-state index is -0.783. The molecule has 1 fully saturated rings. The minimum absolute atomic E-state index is 0.0349. The van der Waals surface area contributed by atoms with Crippen LogP contribution in [0.2, 0.25) is 0 Å². The molecule has 0 aromatic carbocycles. The maximum atomic E-state index is 12.3. The Morgan fingerprint density at radius 3 is 2.32 bits per heavy atom. The Kier molecular flexibility index (Phi) is 5.37. The molecule has 19 heavy (non-hydrogen) atoms. The van der Waals surface area contributed by atoms with Gasteiger partial charge in [0.2, 0.25) is 5.91 Å². The zero-order valence-electron chi connectivity index (χ0n) is 12.9. The van der Waals surface area contributed by atoms with Crippen molar-refractivity contribution in [1.82, 2.24) is 10.2 Å². The maximum absolute atomic E-state index is 12.3. The number of hydrogen-bond donors (Lipinski definition) is 1. The van der Waals surface area contributed by atoms with Crippen LogP contribution in [0.25, 0.3) is 0 Å². The molecule has 0 saturated carbocycles. The van der Waals surface area contributed by atoms with Gasteiger partial charge in [0.15, 0.2) is 0 Å². The summed E-state index contributed by atoms with van der Waals surface area (Å²) in [4.78, 5) is 14.5. The van der Waals surface area contributed by atoms with E-state index in [-0.39, 0.29) is 17.9 Å². The molecule has 0 aromatic heterocycles. The Morgan fingerprint density at radius 1 is 1.37 bits per heavy atom. The molecule has 108 valence electrons. The van der Waals surface area contributed by atoms with Crippen LogP contribution in [-0.2, 0) is 4.79 Å². The summed E-state index contributed by atoms with van der Waals surface area (Å²) >= 11 is 0. The molecule has 0 aromatic rings. The third-order valence-corrected chi connectivity index (χ3v) is 4.52. The zero-order chi connectivity index (χ0) is 14.6. The highest BCUT2D eigenvalue weighted by molar-refractivity contribution is 5.82. The van der Waals surface area contributed by atoms with Crippen molar-refractivity contribution in [1.29, 1.82) is 5.26 Å². The van der Waals surface area contributed by atoms with E-state index in [1.54, 1.807) is 6.92 Å². The van der Waals surface area contributed by atoms with Crippen LogP contribution in [0.4, 0.5) is 0 Å². The van der Waals surface area contributed by atoms with Crippen molar-refractivity contribution in [2.75, 3.05) is 13.1 Å². The molecule has 1 heterocycles. The zero-order valence-corrected chi connectivity index (χ0v) is 12.9. The van der Waals surface area contributed by atoms with Crippen LogP contribution in [0, 0.1) is 23.2 Å². The first kappa shape index (κ1) is 16.0. The molecule has 1 aliphatic rings. The summed E-state index contributed by atoms with van der Waals surface area (Å²) in [6.45, 7) is 11.8. The summed E-state index contributed by atoms with van der Waals surface area (Å²) in [5.74, 6) is 0.814. The van der Waals surface area contributed by atoms with E-state index >= 15 is 0 Å². The molecule has 1 amide bonds. The Hall–Kier alpha value is -1.08. The summed E-state index contributed by atoms with van der Waals surface area (Å²) in [6.07, 6.45) is 2.30. The predicted octanol–water partition coefficient (Wildman–Crippen LogP) is 2.16. The van der Waals surface area contributed by atoms with E-state index in [1.807, 2.05) is 20.8 Å². The maximum Gasteiger partial charge on any atom is 0.238 e. The van der Waals surface area contributed by atoms with Gasteiger partial charge in [0, 0.05) is 0 Å².